The predicted octanol–water partition coefficient (Wildman–Crippen LogP) is 2.96. The molecule has 1 unspecified atom stereocenters. The van der Waals surface area contributed by atoms with Crippen molar-refractivity contribution >= 4 is 22.8 Å². The van der Waals surface area contributed by atoms with Crippen LogP contribution in [-0.2, 0) is 0 Å². The van der Waals surface area contributed by atoms with Crippen LogP contribution < -0.4 is 11.1 Å². The molecule has 2 aliphatic heterocycles. The van der Waals surface area contributed by atoms with E-state index >= 15 is 0 Å². The van der Waals surface area contributed by atoms with E-state index in [9.17, 15) is 15.3 Å². The van der Waals surface area contributed by atoms with Crippen molar-refractivity contribution in [2.75, 3.05) is 0 Å². The van der Waals surface area contributed by atoms with E-state index in [4.69, 9.17) is 5.73 Å². The number of hydrogen-bond acceptors (Lipinski definition) is 7. The normalized spacial score (nSPS) is 17.9. The van der Waals surface area contributed by atoms with Gasteiger partial charge in [0.25, 0.3) is 5.91 Å². The van der Waals surface area contributed by atoms with Gasteiger partial charge in [0.05, 0.1) is 29.2 Å². The molecule has 3 N–H and O–H groups in total. The topological polar surface area (TPSA) is 118 Å². The third kappa shape index (κ3) is 3.22. The zero-order valence-electron chi connectivity index (χ0n) is 15.0. The lowest BCUT2D eigenvalue weighted by atomic mass is 9.84. The van der Waals surface area contributed by atoms with Crippen molar-refractivity contribution in [1.82, 2.24) is 10.3 Å². The number of amidine groups is 1. The molecule has 0 aromatic heterocycles. The van der Waals surface area contributed by atoms with Gasteiger partial charge in [0.1, 0.15) is 10.9 Å². The number of benzene rings is 2. The summed E-state index contributed by atoms with van der Waals surface area (Å²) in [4.78, 5) is 12.4. The molecule has 1 atom stereocenters. The summed E-state index contributed by atoms with van der Waals surface area (Å²) in [6, 6.07) is 22.3. The van der Waals surface area contributed by atoms with E-state index in [-0.39, 0.29) is 22.5 Å². The van der Waals surface area contributed by atoms with Gasteiger partial charge in [-0.3, -0.25) is 10.1 Å². The van der Waals surface area contributed by atoms with E-state index in [1.807, 2.05) is 36.4 Å². The standard InChI is InChI=1S/C21H14N6OS/c22-11-15-17(13-7-3-1-4-8-13)16(12-23)20-27(18(15)24)26-21(29-20)25-19(28)14-9-5-2-6-10-14/h1-10,17H,24H2,(H,25,26,28). The fourth-order valence-electron chi connectivity index (χ4n) is 3.18. The molecule has 0 saturated carbocycles. The quantitative estimate of drug-likeness (QED) is 0.803. The number of hydrazone groups is 1. The molecule has 140 valence electrons. The Morgan fingerprint density at radius 2 is 1.66 bits per heavy atom. The Morgan fingerprint density at radius 1 is 1.03 bits per heavy atom. The van der Waals surface area contributed by atoms with Gasteiger partial charge in [-0.1, -0.05) is 48.5 Å². The summed E-state index contributed by atoms with van der Waals surface area (Å²) in [5.41, 5.74) is 8.11. The number of rotatable bonds is 2. The number of thioether (sulfide) groups is 1. The Kier molecular flexibility index (Phi) is 4.78. The number of carbonyl (C=O) groups excluding carboxylic acids is 1. The summed E-state index contributed by atoms with van der Waals surface area (Å²) < 4.78 is 0. The van der Waals surface area contributed by atoms with Gasteiger partial charge < -0.3 is 5.73 Å². The van der Waals surface area contributed by atoms with Crippen LogP contribution in [-0.4, -0.2) is 16.1 Å². The number of carbonyl (C=O) groups is 1. The molecule has 8 heteroatoms. The van der Waals surface area contributed by atoms with Gasteiger partial charge in [0, 0.05) is 5.56 Å². The van der Waals surface area contributed by atoms with Crippen LogP contribution in [0.5, 0.6) is 0 Å². The van der Waals surface area contributed by atoms with Crippen molar-refractivity contribution in [1.29, 1.82) is 10.5 Å². The molecule has 0 spiro atoms. The van der Waals surface area contributed by atoms with E-state index in [0.29, 0.717) is 16.2 Å². The highest BCUT2D eigenvalue weighted by Crippen LogP contribution is 2.46. The maximum atomic E-state index is 12.4. The zero-order chi connectivity index (χ0) is 20.4. The van der Waals surface area contributed by atoms with E-state index < -0.39 is 5.92 Å². The number of hydrogen-bond donors (Lipinski definition) is 2. The van der Waals surface area contributed by atoms with Crippen LogP contribution in [0.1, 0.15) is 21.8 Å². The second kappa shape index (κ2) is 7.55. The number of fused-ring (bicyclic) bond motifs is 1. The fraction of sp³-hybridized carbons (Fsp3) is 0.0476. The molecule has 29 heavy (non-hydrogen) atoms. The Balaban J connectivity index is 1.71. The van der Waals surface area contributed by atoms with Gasteiger partial charge in [-0.15, -0.1) is 5.10 Å². The molecule has 2 aliphatic rings. The summed E-state index contributed by atoms with van der Waals surface area (Å²) in [5, 5.41) is 28.7. The highest BCUT2D eigenvalue weighted by Gasteiger charge is 2.39. The summed E-state index contributed by atoms with van der Waals surface area (Å²) >= 11 is 1.14. The summed E-state index contributed by atoms with van der Waals surface area (Å²) in [7, 11) is 0. The van der Waals surface area contributed by atoms with Gasteiger partial charge in [0.2, 0.25) is 0 Å². The van der Waals surface area contributed by atoms with Gasteiger partial charge in [-0.2, -0.15) is 10.5 Å². The molecular formula is C21H14N6OS. The Morgan fingerprint density at radius 3 is 2.28 bits per heavy atom. The molecule has 0 bridgehead atoms. The number of nitrogens with two attached hydrogens (primary N) is 1. The summed E-state index contributed by atoms with van der Waals surface area (Å²) in [6.45, 7) is 0. The van der Waals surface area contributed by atoms with Crippen LogP contribution in [0.25, 0.3) is 0 Å². The van der Waals surface area contributed by atoms with E-state index in [1.54, 1.807) is 24.3 Å². The Bertz CT molecular complexity index is 1160. The molecular weight excluding hydrogens is 384 g/mol. The third-order valence-corrected chi connectivity index (χ3v) is 5.48. The van der Waals surface area contributed by atoms with Crippen LogP contribution in [0, 0.1) is 22.7 Å². The number of nitrogens with one attached hydrogen (secondary N) is 1. The number of amides is 1. The summed E-state index contributed by atoms with van der Waals surface area (Å²) in [6.07, 6.45) is 0. The smallest absolute Gasteiger partial charge is 0.257 e. The van der Waals surface area contributed by atoms with Crippen LogP contribution in [0.4, 0.5) is 0 Å². The molecule has 1 amide bonds. The van der Waals surface area contributed by atoms with Crippen molar-refractivity contribution in [3.63, 3.8) is 0 Å². The minimum absolute atomic E-state index is 0.145. The molecule has 0 fully saturated rings. The van der Waals surface area contributed by atoms with E-state index in [1.165, 1.54) is 5.01 Å². The molecule has 0 saturated heterocycles. The Hall–Kier alpha value is -4.01. The van der Waals surface area contributed by atoms with Crippen LogP contribution >= 0.6 is 11.8 Å². The number of nitrogens with zero attached hydrogens (tertiary/aromatic N) is 4. The average Bonchev–Trinajstić information content (AvgIpc) is 3.18. The first-order valence-corrected chi connectivity index (χ1v) is 9.47. The second-order valence-electron chi connectivity index (χ2n) is 6.22. The molecule has 7 nitrogen and oxygen atoms in total. The van der Waals surface area contributed by atoms with Gasteiger partial charge in [-0.05, 0) is 29.5 Å². The second-order valence-corrected chi connectivity index (χ2v) is 7.20. The highest BCUT2D eigenvalue weighted by molar-refractivity contribution is 8.17. The predicted molar refractivity (Wildman–Crippen MR) is 109 cm³/mol. The van der Waals surface area contributed by atoms with E-state index in [0.717, 1.165) is 17.3 Å². The van der Waals surface area contributed by atoms with Crippen LogP contribution in [0.15, 0.2) is 87.8 Å². The lowest BCUT2D eigenvalue weighted by Gasteiger charge is -2.28. The lowest BCUT2D eigenvalue weighted by molar-refractivity contribution is 0.0977. The van der Waals surface area contributed by atoms with Crippen molar-refractivity contribution in [3.8, 4) is 12.1 Å². The number of nitriles is 2. The first-order chi connectivity index (χ1) is 14.1. The van der Waals surface area contributed by atoms with Crippen molar-refractivity contribution in [3.05, 3.63) is 93.8 Å². The minimum atomic E-state index is -0.579. The first kappa shape index (κ1) is 18.4. The zero-order valence-corrected chi connectivity index (χ0v) is 15.9. The fourth-order valence-corrected chi connectivity index (χ4v) is 4.12. The van der Waals surface area contributed by atoms with Crippen molar-refractivity contribution < 1.29 is 4.79 Å². The van der Waals surface area contributed by atoms with Crippen LogP contribution in [0.2, 0.25) is 0 Å². The monoisotopic (exact) mass is 398 g/mol. The maximum absolute atomic E-state index is 12.4. The molecule has 4 rings (SSSR count). The molecule has 0 aliphatic carbocycles. The first-order valence-electron chi connectivity index (χ1n) is 8.66. The third-order valence-electron chi connectivity index (χ3n) is 4.52. The largest absolute Gasteiger partial charge is 0.383 e. The van der Waals surface area contributed by atoms with Crippen LogP contribution in [0.3, 0.4) is 0 Å². The number of allylic oxidation sites excluding steroid dienone is 2. The Labute approximate surface area is 171 Å². The van der Waals surface area contributed by atoms with Gasteiger partial charge in [-0.25, -0.2) is 5.01 Å². The minimum Gasteiger partial charge on any atom is -0.383 e. The van der Waals surface area contributed by atoms with Gasteiger partial charge >= 0.3 is 0 Å². The van der Waals surface area contributed by atoms with E-state index in [2.05, 4.69) is 22.6 Å². The molecule has 2 aromatic carbocycles. The molecule has 2 aromatic rings. The summed E-state index contributed by atoms with van der Waals surface area (Å²) in [5.74, 6) is -0.755. The van der Waals surface area contributed by atoms with Crippen molar-refractivity contribution in [2.45, 2.75) is 5.92 Å². The van der Waals surface area contributed by atoms with Crippen molar-refractivity contribution in [2.24, 2.45) is 10.8 Å². The SMILES string of the molecule is N#CC1=C(N)N2N=C(NC(=O)c3ccccc3)SC2=C(C#N)C1c1ccccc1. The molecule has 0 radical (unpaired) electrons. The molecule has 2 heterocycles. The van der Waals surface area contributed by atoms with Gasteiger partial charge in [0.15, 0.2) is 5.17 Å². The average molecular weight is 398 g/mol. The lowest BCUT2D eigenvalue weighted by Crippen LogP contribution is -2.29. The highest BCUT2D eigenvalue weighted by atomic mass is 32.2. The maximum Gasteiger partial charge on any atom is 0.257 e.